The Kier molecular flexibility index (Phi) is 10.6. The molecule has 0 aliphatic carbocycles. The normalized spacial score (nSPS) is 22.1. The standard InChI is InChI=1S/C19H27NO2.C17H23NO3/c1-14(15-9-7-6-8-10-15)20-13-19(5,12-17(20)22)16(21)11-18(2,3)4;1-12(13-8-6-5-7-9-13)18-11-14(10-15(18)19)16(20)21-17(2,3)4/h6-10,14H,11-13H2,1-5H3;5-9,12,14H,10-11H2,1-4H3/t14-,19+;12-,14?/m11/s1. The van der Waals surface area contributed by atoms with E-state index in [2.05, 4.69) is 20.8 Å². The molecule has 2 aliphatic rings. The van der Waals surface area contributed by atoms with Crippen LogP contribution < -0.4 is 0 Å². The Morgan fingerprint density at radius 3 is 1.79 bits per heavy atom. The maximum atomic E-state index is 12.7. The van der Waals surface area contributed by atoms with Crippen LogP contribution in [0, 0.1) is 16.7 Å². The Morgan fingerprint density at radius 2 is 1.33 bits per heavy atom. The quantitative estimate of drug-likeness (QED) is 0.327. The van der Waals surface area contributed by atoms with Crippen LogP contribution in [0.15, 0.2) is 60.7 Å². The highest BCUT2D eigenvalue weighted by atomic mass is 16.6. The second kappa shape index (κ2) is 13.4. The number of amides is 2. The molecule has 234 valence electrons. The number of carbonyl (C=O) groups is 4. The van der Waals surface area contributed by atoms with Gasteiger partial charge in [-0.3, -0.25) is 19.2 Å². The van der Waals surface area contributed by atoms with Crippen molar-refractivity contribution in [2.75, 3.05) is 13.1 Å². The first kappa shape index (κ1) is 34.0. The van der Waals surface area contributed by atoms with Crippen molar-refractivity contribution >= 4 is 23.6 Å². The molecule has 7 nitrogen and oxygen atoms in total. The smallest absolute Gasteiger partial charge is 0.311 e. The topological polar surface area (TPSA) is 84.0 Å². The van der Waals surface area contributed by atoms with Gasteiger partial charge in [0.25, 0.3) is 0 Å². The molecule has 2 heterocycles. The Morgan fingerprint density at radius 1 is 0.837 bits per heavy atom. The lowest BCUT2D eigenvalue weighted by atomic mass is 9.77. The molecule has 0 bridgehead atoms. The van der Waals surface area contributed by atoms with Crippen molar-refractivity contribution in [3.8, 4) is 0 Å². The van der Waals surface area contributed by atoms with Crippen LogP contribution in [-0.2, 0) is 23.9 Å². The molecule has 2 saturated heterocycles. The Hall–Kier alpha value is -3.48. The summed E-state index contributed by atoms with van der Waals surface area (Å²) in [6, 6.07) is 19.9. The molecule has 43 heavy (non-hydrogen) atoms. The van der Waals surface area contributed by atoms with Crippen molar-refractivity contribution in [1.82, 2.24) is 9.80 Å². The van der Waals surface area contributed by atoms with E-state index in [1.54, 1.807) is 4.90 Å². The number of carbonyl (C=O) groups excluding carboxylic acids is 4. The minimum atomic E-state index is -0.548. The minimum absolute atomic E-state index is 0.0120. The van der Waals surface area contributed by atoms with Crippen molar-refractivity contribution in [3.05, 3.63) is 71.8 Å². The van der Waals surface area contributed by atoms with E-state index in [1.165, 1.54) is 0 Å². The van der Waals surface area contributed by atoms with E-state index >= 15 is 0 Å². The number of benzene rings is 2. The van der Waals surface area contributed by atoms with Crippen LogP contribution in [0.4, 0.5) is 0 Å². The highest BCUT2D eigenvalue weighted by Gasteiger charge is 2.46. The van der Waals surface area contributed by atoms with Gasteiger partial charge in [-0.1, -0.05) is 88.4 Å². The third kappa shape index (κ3) is 9.25. The largest absolute Gasteiger partial charge is 0.460 e. The maximum absolute atomic E-state index is 12.7. The summed E-state index contributed by atoms with van der Waals surface area (Å²) in [4.78, 5) is 53.0. The van der Waals surface area contributed by atoms with Gasteiger partial charge >= 0.3 is 5.97 Å². The lowest BCUT2D eigenvalue weighted by molar-refractivity contribution is -0.159. The molecule has 7 heteroatoms. The molecular weight excluding hydrogens is 540 g/mol. The van der Waals surface area contributed by atoms with Crippen molar-refractivity contribution < 1.29 is 23.9 Å². The number of hydrogen-bond donors (Lipinski definition) is 0. The van der Waals surface area contributed by atoms with Crippen molar-refractivity contribution in [3.63, 3.8) is 0 Å². The fraction of sp³-hybridized carbons (Fsp3) is 0.556. The van der Waals surface area contributed by atoms with Crippen molar-refractivity contribution in [1.29, 1.82) is 0 Å². The molecular formula is C36H50N2O5. The molecule has 2 fully saturated rings. The molecule has 1 unspecified atom stereocenters. The molecule has 4 rings (SSSR count). The molecule has 0 radical (unpaired) electrons. The molecule has 0 N–H and O–H groups in total. The van der Waals surface area contributed by atoms with Gasteiger partial charge in [-0.2, -0.15) is 0 Å². The zero-order valence-corrected chi connectivity index (χ0v) is 27.5. The van der Waals surface area contributed by atoms with E-state index < -0.39 is 11.0 Å². The van der Waals surface area contributed by atoms with Gasteiger partial charge in [-0.15, -0.1) is 0 Å². The first-order chi connectivity index (χ1) is 19.9. The minimum Gasteiger partial charge on any atom is -0.460 e. The number of esters is 1. The molecule has 2 aliphatic heterocycles. The van der Waals surface area contributed by atoms with Gasteiger partial charge in [-0.05, 0) is 51.2 Å². The average molecular weight is 591 g/mol. The van der Waals surface area contributed by atoms with Crippen LogP contribution in [0.3, 0.4) is 0 Å². The van der Waals surface area contributed by atoms with Crippen LogP contribution in [-0.4, -0.2) is 52.1 Å². The molecule has 0 spiro atoms. The Labute approximate surface area is 258 Å². The second-order valence-corrected chi connectivity index (χ2v) is 14.6. The van der Waals surface area contributed by atoms with E-state index in [0.717, 1.165) is 11.1 Å². The van der Waals surface area contributed by atoms with Gasteiger partial charge in [0.1, 0.15) is 11.4 Å². The van der Waals surface area contributed by atoms with Crippen LogP contribution in [0.5, 0.6) is 0 Å². The summed E-state index contributed by atoms with van der Waals surface area (Å²) in [7, 11) is 0. The van der Waals surface area contributed by atoms with Crippen molar-refractivity contribution in [2.24, 2.45) is 16.7 Å². The van der Waals surface area contributed by atoms with Gasteiger partial charge in [-0.25, -0.2) is 0 Å². The van der Waals surface area contributed by atoms with Gasteiger partial charge in [0.05, 0.1) is 23.4 Å². The number of Topliss-reactive ketones (excluding diaryl/α,β-unsaturated/α-hetero) is 1. The lowest BCUT2D eigenvalue weighted by Gasteiger charge is -2.29. The van der Waals surface area contributed by atoms with Crippen LogP contribution in [0.25, 0.3) is 0 Å². The fourth-order valence-corrected chi connectivity index (χ4v) is 5.66. The number of ether oxygens (including phenoxy) is 1. The van der Waals surface area contributed by atoms with Crippen LogP contribution in [0.1, 0.15) is 105 Å². The Bertz CT molecular complexity index is 1280. The second-order valence-electron chi connectivity index (χ2n) is 14.6. The van der Waals surface area contributed by atoms with Gasteiger partial charge in [0, 0.05) is 32.4 Å². The summed E-state index contributed by atoms with van der Waals surface area (Å²) in [5, 5.41) is 0. The number of ketones is 1. The van der Waals surface area contributed by atoms with Crippen molar-refractivity contribution in [2.45, 2.75) is 99.3 Å². The number of likely N-dealkylation sites (tertiary alicyclic amines) is 2. The first-order valence-corrected chi connectivity index (χ1v) is 15.4. The zero-order chi connectivity index (χ0) is 32.2. The number of rotatable bonds is 7. The Balaban J connectivity index is 0.000000236. The fourth-order valence-electron chi connectivity index (χ4n) is 5.66. The molecule has 2 amide bonds. The van der Waals surface area contributed by atoms with Crippen LogP contribution >= 0.6 is 0 Å². The molecule has 4 atom stereocenters. The maximum Gasteiger partial charge on any atom is 0.311 e. The summed E-state index contributed by atoms with van der Waals surface area (Å²) >= 11 is 0. The summed E-state index contributed by atoms with van der Waals surface area (Å²) < 4.78 is 5.39. The predicted molar refractivity (Wildman–Crippen MR) is 169 cm³/mol. The van der Waals surface area contributed by atoms with E-state index in [9.17, 15) is 19.2 Å². The third-order valence-corrected chi connectivity index (χ3v) is 8.14. The molecule has 0 saturated carbocycles. The molecule has 0 aromatic heterocycles. The van der Waals surface area contributed by atoms with E-state index in [-0.39, 0.29) is 53.4 Å². The van der Waals surface area contributed by atoms with Gasteiger partial charge in [0.15, 0.2) is 0 Å². The van der Waals surface area contributed by atoms with E-state index in [0.29, 0.717) is 25.9 Å². The first-order valence-electron chi connectivity index (χ1n) is 15.4. The number of nitrogens with zero attached hydrogens (tertiary/aromatic N) is 2. The third-order valence-electron chi connectivity index (χ3n) is 8.14. The molecule has 2 aromatic rings. The SMILES string of the molecule is C[C@H](c1ccccc1)N1CC(C(=O)OC(C)(C)C)CC1=O.C[C@H](c1ccccc1)N1C[C@@](C)(C(=O)CC(C)(C)C)CC1=O. The zero-order valence-electron chi connectivity index (χ0n) is 27.5. The summed E-state index contributed by atoms with van der Waals surface area (Å²) in [6.07, 6.45) is 1.09. The highest BCUT2D eigenvalue weighted by molar-refractivity contribution is 5.93. The highest BCUT2D eigenvalue weighted by Crippen LogP contribution is 2.39. The summed E-state index contributed by atoms with van der Waals surface area (Å²) in [6.45, 7) is 18.6. The predicted octanol–water partition coefficient (Wildman–Crippen LogP) is 6.93. The van der Waals surface area contributed by atoms with Gasteiger partial charge in [0.2, 0.25) is 11.8 Å². The van der Waals surface area contributed by atoms with Crippen LogP contribution in [0.2, 0.25) is 0 Å². The summed E-state index contributed by atoms with van der Waals surface area (Å²) in [5.41, 5.74) is 1.09. The molecule has 2 aromatic carbocycles. The lowest BCUT2D eigenvalue weighted by Crippen LogP contribution is -2.35. The average Bonchev–Trinajstić information content (AvgIpc) is 3.47. The number of hydrogen-bond acceptors (Lipinski definition) is 5. The van der Waals surface area contributed by atoms with E-state index in [1.807, 2.05) is 107 Å². The van der Waals surface area contributed by atoms with E-state index in [4.69, 9.17) is 4.74 Å². The monoisotopic (exact) mass is 590 g/mol. The van der Waals surface area contributed by atoms with Gasteiger partial charge < -0.3 is 14.5 Å². The summed E-state index contributed by atoms with van der Waals surface area (Å²) in [5.74, 6) is -0.332.